The van der Waals surface area contributed by atoms with Crippen LogP contribution >= 0.6 is 0 Å². The fourth-order valence-electron chi connectivity index (χ4n) is 0.647. The second-order valence-corrected chi connectivity index (χ2v) is 2.31. The zero-order valence-corrected chi connectivity index (χ0v) is 7.89. The maximum absolute atomic E-state index is 11.0. The molecule has 0 aromatic rings. The van der Waals surface area contributed by atoms with E-state index in [-0.39, 0.29) is 6.61 Å². The average Bonchev–Trinajstić information content (AvgIpc) is 2.02. The minimum Gasteiger partial charge on any atom is -0.464 e. The number of carbonyl (C=O) groups excluding carboxylic acids is 1. The molecule has 0 amide bonds. The summed E-state index contributed by atoms with van der Waals surface area (Å²) in [6.07, 6.45) is 0. The van der Waals surface area contributed by atoms with Crippen LogP contribution in [0.4, 0.5) is 0 Å². The third kappa shape index (κ3) is 4.91. The van der Waals surface area contributed by atoms with Crippen LogP contribution in [-0.2, 0) is 9.53 Å². The highest BCUT2D eigenvalue weighted by atomic mass is 16.7. The summed E-state index contributed by atoms with van der Waals surface area (Å²) in [6.45, 7) is 3.29. The number of nitrogens with zero attached hydrogens (tertiary/aromatic N) is 2. The zero-order chi connectivity index (χ0) is 11.1. The number of esters is 1. The number of guanidine groups is 1. The summed E-state index contributed by atoms with van der Waals surface area (Å²) < 4.78 is 4.61. The molecule has 0 aromatic heterocycles. The van der Waals surface area contributed by atoms with E-state index >= 15 is 0 Å². The molecule has 0 saturated heterocycles. The Morgan fingerprint density at radius 3 is 2.79 bits per heavy atom. The molecule has 0 spiro atoms. The normalized spacial score (nSPS) is 13.1. The number of nitro groups is 1. The highest BCUT2D eigenvalue weighted by molar-refractivity contribution is 5.82. The summed E-state index contributed by atoms with van der Waals surface area (Å²) in [6, 6.07) is -0.859. The molecule has 8 nitrogen and oxygen atoms in total. The van der Waals surface area contributed by atoms with Crippen molar-refractivity contribution in [3.8, 4) is 0 Å². The Kier molecular flexibility index (Phi) is 4.97. The Hall–Kier alpha value is -1.86. The lowest BCUT2D eigenvalue weighted by Crippen LogP contribution is -2.38. The first-order chi connectivity index (χ1) is 6.47. The first kappa shape index (κ1) is 12.1. The van der Waals surface area contributed by atoms with Gasteiger partial charge >= 0.3 is 5.97 Å². The van der Waals surface area contributed by atoms with E-state index in [1.807, 2.05) is 0 Å². The number of hydrazine groups is 1. The van der Waals surface area contributed by atoms with E-state index in [9.17, 15) is 14.9 Å². The van der Waals surface area contributed by atoms with Crippen LogP contribution in [0.2, 0.25) is 0 Å². The van der Waals surface area contributed by atoms with Crippen LogP contribution in [-0.4, -0.2) is 29.6 Å². The van der Waals surface area contributed by atoms with Gasteiger partial charge in [-0.15, -0.1) is 0 Å². The molecule has 1 atom stereocenters. The summed E-state index contributed by atoms with van der Waals surface area (Å²) in [5, 5.41) is 9.04. The van der Waals surface area contributed by atoms with Crippen LogP contribution in [0.3, 0.4) is 0 Å². The molecule has 14 heavy (non-hydrogen) atoms. The van der Waals surface area contributed by atoms with Crippen molar-refractivity contribution >= 4 is 11.9 Å². The van der Waals surface area contributed by atoms with Gasteiger partial charge < -0.3 is 10.5 Å². The molecule has 80 valence electrons. The van der Waals surface area contributed by atoms with Gasteiger partial charge in [0.15, 0.2) is 5.03 Å². The fraction of sp³-hybridized carbons (Fsp3) is 0.667. The first-order valence-corrected chi connectivity index (χ1v) is 3.88. The van der Waals surface area contributed by atoms with Crippen molar-refractivity contribution in [2.75, 3.05) is 6.61 Å². The topological polar surface area (TPSA) is 120 Å². The number of rotatable bonds is 4. The van der Waals surface area contributed by atoms with Gasteiger partial charge in [0.2, 0.25) is 0 Å². The van der Waals surface area contributed by atoms with E-state index in [1.165, 1.54) is 6.92 Å². The van der Waals surface area contributed by atoms with Crippen molar-refractivity contribution in [2.24, 2.45) is 10.7 Å². The smallest absolute Gasteiger partial charge is 0.330 e. The number of hydrogen-bond donors (Lipinski definition) is 2. The van der Waals surface area contributed by atoms with Crippen LogP contribution < -0.4 is 11.2 Å². The number of nitrogens with two attached hydrogens (primary N) is 1. The zero-order valence-electron chi connectivity index (χ0n) is 7.89. The van der Waals surface area contributed by atoms with E-state index in [1.54, 1.807) is 12.3 Å². The van der Waals surface area contributed by atoms with Gasteiger partial charge in [-0.05, 0) is 13.8 Å². The van der Waals surface area contributed by atoms with Gasteiger partial charge in [0.1, 0.15) is 6.04 Å². The lowest BCUT2D eigenvalue weighted by Gasteiger charge is -2.05. The van der Waals surface area contributed by atoms with Gasteiger partial charge in [0.25, 0.3) is 5.96 Å². The number of carbonyl (C=O) groups is 1. The van der Waals surface area contributed by atoms with Crippen molar-refractivity contribution < 1.29 is 14.6 Å². The van der Waals surface area contributed by atoms with Crippen molar-refractivity contribution in [3.05, 3.63) is 10.1 Å². The monoisotopic (exact) mass is 204 g/mol. The highest BCUT2D eigenvalue weighted by Gasteiger charge is 2.13. The fourth-order valence-corrected chi connectivity index (χ4v) is 0.647. The quantitative estimate of drug-likeness (QED) is 0.200. The van der Waals surface area contributed by atoms with Crippen LogP contribution in [0, 0.1) is 10.1 Å². The molecular weight excluding hydrogens is 192 g/mol. The summed E-state index contributed by atoms with van der Waals surface area (Å²) in [4.78, 5) is 24.4. The van der Waals surface area contributed by atoms with Gasteiger partial charge in [-0.3, -0.25) is 0 Å². The number of aliphatic imine (C=N–C) groups is 1. The maximum atomic E-state index is 11.0. The Bertz CT molecular complexity index is 252. The molecule has 8 heteroatoms. The van der Waals surface area contributed by atoms with E-state index in [4.69, 9.17) is 5.73 Å². The SMILES string of the molecule is CCOC(=O)C(C)N=C(N)N[N+](=O)[O-]. The molecule has 0 bridgehead atoms. The van der Waals surface area contributed by atoms with Gasteiger partial charge in [-0.2, -0.15) is 0 Å². The van der Waals surface area contributed by atoms with Crippen LogP contribution in [0.15, 0.2) is 4.99 Å². The lowest BCUT2D eigenvalue weighted by atomic mass is 10.4. The second-order valence-electron chi connectivity index (χ2n) is 2.31. The molecule has 0 aliphatic heterocycles. The molecule has 0 saturated carbocycles. The Morgan fingerprint density at radius 1 is 1.79 bits per heavy atom. The molecule has 1 unspecified atom stereocenters. The molecule has 0 aliphatic carbocycles. The maximum Gasteiger partial charge on any atom is 0.330 e. The predicted octanol–water partition coefficient (Wildman–Crippen LogP) is -0.966. The van der Waals surface area contributed by atoms with E-state index in [2.05, 4.69) is 9.73 Å². The van der Waals surface area contributed by atoms with Gasteiger partial charge in [0, 0.05) is 0 Å². The molecule has 0 aliphatic rings. The molecule has 0 fully saturated rings. The largest absolute Gasteiger partial charge is 0.464 e. The van der Waals surface area contributed by atoms with Crippen LogP contribution in [0.25, 0.3) is 0 Å². The van der Waals surface area contributed by atoms with Gasteiger partial charge in [-0.25, -0.2) is 19.9 Å². The van der Waals surface area contributed by atoms with Crippen molar-refractivity contribution in [1.29, 1.82) is 0 Å². The van der Waals surface area contributed by atoms with Gasteiger partial charge in [-0.1, -0.05) is 5.43 Å². The molecule has 0 heterocycles. The second kappa shape index (κ2) is 5.73. The summed E-state index contributed by atoms with van der Waals surface area (Å²) in [7, 11) is 0. The Labute approximate surface area is 80.2 Å². The van der Waals surface area contributed by atoms with Crippen molar-refractivity contribution in [2.45, 2.75) is 19.9 Å². The van der Waals surface area contributed by atoms with Crippen LogP contribution in [0.1, 0.15) is 13.8 Å². The van der Waals surface area contributed by atoms with Crippen molar-refractivity contribution in [3.63, 3.8) is 0 Å². The minimum absolute atomic E-state index is 0.223. The summed E-state index contributed by atoms with van der Waals surface area (Å²) >= 11 is 0. The van der Waals surface area contributed by atoms with Crippen LogP contribution in [0.5, 0.6) is 0 Å². The standard InChI is InChI=1S/C6H12N4O4/c1-3-14-5(11)4(2)8-6(7)9-10(12)13/h4H,3H2,1-2H3,(H3,7,8,9). The number of nitrogens with one attached hydrogen (secondary N) is 1. The number of hydrogen-bond acceptors (Lipinski definition) is 5. The van der Waals surface area contributed by atoms with Gasteiger partial charge in [0.05, 0.1) is 6.61 Å². The molecular formula is C6H12N4O4. The lowest BCUT2D eigenvalue weighted by molar-refractivity contribution is -0.525. The van der Waals surface area contributed by atoms with E-state index in [0.29, 0.717) is 0 Å². The Balaban J connectivity index is 4.19. The minimum atomic E-state index is -0.864. The third-order valence-corrected chi connectivity index (χ3v) is 1.17. The molecule has 0 radical (unpaired) electrons. The molecule has 0 aromatic carbocycles. The molecule has 3 N–H and O–H groups in total. The average molecular weight is 204 g/mol. The van der Waals surface area contributed by atoms with E-state index in [0.717, 1.165) is 0 Å². The summed E-state index contributed by atoms with van der Waals surface area (Å²) in [5.74, 6) is -1.02. The predicted molar refractivity (Wildman–Crippen MR) is 47.8 cm³/mol. The van der Waals surface area contributed by atoms with E-state index < -0.39 is 23.0 Å². The molecule has 0 rings (SSSR count). The number of ether oxygens (including phenoxy) is 1. The third-order valence-electron chi connectivity index (χ3n) is 1.17. The van der Waals surface area contributed by atoms with Crippen molar-refractivity contribution in [1.82, 2.24) is 5.43 Å². The highest BCUT2D eigenvalue weighted by Crippen LogP contribution is 1.92. The summed E-state index contributed by atoms with van der Waals surface area (Å²) in [5.41, 5.74) is 6.71. The first-order valence-electron chi connectivity index (χ1n) is 3.88. The Morgan fingerprint density at radius 2 is 2.36 bits per heavy atom.